The first-order chi connectivity index (χ1) is 8.65. The van der Waals surface area contributed by atoms with E-state index in [0.29, 0.717) is 0 Å². The van der Waals surface area contributed by atoms with Gasteiger partial charge in [-0.2, -0.15) is 11.3 Å². The van der Waals surface area contributed by atoms with Crippen molar-refractivity contribution in [2.75, 3.05) is 13.6 Å². The van der Waals surface area contributed by atoms with Crippen molar-refractivity contribution in [3.8, 4) is 0 Å². The lowest BCUT2D eigenvalue weighted by Crippen LogP contribution is -2.45. The summed E-state index contributed by atoms with van der Waals surface area (Å²) in [5, 5.41) is 7.28. The number of urea groups is 1. The average molecular weight is 266 g/mol. The van der Waals surface area contributed by atoms with E-state index in [1.165, 1.54) is 24.8 Å². The lowest BCUT2D eigenvalue weighted by atomic mass is 9.85. The number of carbonyl (C=O) groups excluding carboxylic acids is 1. The summed E-state index contributed by atoms with van der Waals surface area (Å²) in [6, 6.07) is 2.37. The first-order valence-electron chi connectivity index (χ1n) is 6.68. The summed E-state index contributed by atoms with van der Waals surface area (Å²) in [5.74, 6) is 0.730. The van der Waals surface area contributed by atoms with Crippen molar-refractivity contribution in [2.24, 2.45) is 5.92 Å². The maximum atomic E-state index is 12.0. The average Bonchev–Trinajstić information content (AvgIpc) is 2.75. The summed E-state index contributed by atoms with van der Waals surface area (Å²) < 4.78 is 0. The van der Waals surface area contributed by atoms with E-state index in [9.17, 15) is 4.79 Å². The van der Waals surface area contributed by atoms with Crippen LogP contribution in [0.3, 0.4) is 0 Å². The van der Waals surface area contributed by atoms with Crippen molar-refractivity contribution in [3.63, 3.8) is 0 Å². The van der Waals surface area contributed by atoms with E-state index < -0.39 is 0 Å². The standard InChI is InChI=1S/C14H22N2OS/c1-11(8-13-6-7-18-10-13)15-14(17)16(2)9-12-4-3-5-12/h6-7,10-12H,3-5,8-9H2,1-2H3,(H,15,17). The molecule has 0 aromatic carbocycles. The third-order valence-corrected chi connectivity index (χ3v) is 4.33. The van der Waals surface area contributed by atoms with Crippen LogP contribution in [0.1, 0.15) is 31.7 Å². The van der Waals surface area contributed by atoms with Crippen molar-refractivity contribution in [2.45, 2.75) is 38.6 Å². The Morgan fingerprint density at radius 3 is 2.94 bits per heavy atom. The molecule has 18 heavy (non-hydrogen) atoms. The Labute approximate surface area is 113 Å². The second kappa shape index (κ2) is 6.23. The Morgan fingerprint density at radius 1 is 1.61 bits per heavy atom. The molecule has 1 unspecified atom stereocenters. The normalized spacial score (nSPS) is 17.0. The number of nitrogens with one attached hydrogen (secondary N) is 1. The van der Waals surface area contributed by atoms with E-state index >= 15 is 0 Å². The number of amides is 2. The Morgan fingerprint density at radius 2 is 2.39 bits per heavy atom. The fraction of sp³-hybridized carbons (Fsp3) is 0.643. The number of thiophene rings is 1. The van der Waals surface area contributed by atoms with Crippen LogP contribution in [0.4, 0.5) is 4.79 Å². The summed E-state index contributed by atoms with van der Waals surface area (Å²) >= 11 is 1.70. The second-order valence-corrected chi connectivity index (χ2v) is 6.14. The highest BCUT2D eigenvalue weighted by Gasteiger charge is 2.21. The number of hydrogen-bond donors (Lipinski definition) is 1. The van der Waals surface area contributed by atoms with Crippen LogP contribution in [0.5, 0.6) is 0 Å². The molecule has 1 aliphatic rings. The Hall–Kier alpha value is -1.03. The van der Waals surface area contributed by atoms with Gasteiger partial charge in [-0.1, -0.05) is 6.42 Å². The third-order valence-electron chi connectivity index (χ3n) is 3.60. The van der Waals surface area contributed by atoms with E-state index in [2.05, 4.69) is 29.1 Å². The van der Waals surface area contributed by atoms with Gasteiger partial charge in [0.1, 0.15) is 0 Å². The van der Waals surface area contributed by atoms with Gasteiger partial charge >= 0.3 is 6.03 Å². The zero-order valence-electron chi connectivity index (χ0n) is 11.2. The van der Waals surface area contributed by atoms with Gasteiger partial charge < -0.3 is 10.2 Å². The number of hydrogen-bond acceptors (Lipinski definition) is 2. The molecule has 0 spiro atoms. The molecule has 1 atom stereocenters. The predicted molar refractivity (Wildman–Crippen MR) is 76.0 cm³/mol. The Bertz CT molecular complexity index is 373. The van der Waals surface area contributed by atoms with Crippen LogP contribution in [0.2, 0.25) is 0 Å². The fourth-order valence-electron chi connectivity index (χ4n) is 2.28. The molecule has 2 amide bonds. The Kier molecular flexibility index (Phi) is 4.64. The number of carbonyl (C=O) groups is 1. The maximum absolute atomic E-state index is 12.0. The molecule has 0 aliphatic heterocycles. The maximum Gasteiger partial charge on any atom is 0.317 e. The van der Waals surface area contributed by atoms with Gasteiger partial charge in [0.2, 0.25) is 0 Å². The predicted octanol–water partition coefficient (Wildman–Crippen LogP) is 3.12. The van der Waals surface area contributed by atoms with Crippen LogP contribution in [0.25, 0.3) is 0 Å². The fourth-order valence-corrected chi connectivity index (χ4v) is 2.96. The van der Waals surface area contributed by atoms with Gasteiger partial charge in [-0.25, -0.2) is 4.79 Å². The zero-order chi connectivity index (χ0) is 13.0. The van der Waals surface area contributed by atoms with Crippen molar-refractivity contribution in [1.29, 1.82) is 0 Å². The SMILES string of the molecule is CC(Cc1ccsc1)NC(=O)N(C)CC1CCC1. The molecular formula is C14H22N2OS. The number of nitrogens with zero attached hydrogens (tertiary/aromatic N) is 1. The van der Waals surface area contributed by atoms with Gasteiger partial charge in [-0.3, -0.25) is 0 Å². The van der Waals surface area contributed by atoms with Gasteiger partial charge in [0.15, 0.2) is 0 Å². The van der Waals surface area contributed by atoms with Crippen LogP contribution in [-0.2, 0) is 6.42 Å². The molecule has 1 aromatic rings. The molecule has 1 saturated carbocycles. The van der Waals surface area contributed by atoms with E-state index in [-0.39, 0.29) is 12.1 Å². The van der Waals surface area contributed by atoms with Crippen LogP contribution < -0.4 is 5.32 Å². The minimum absolute atomic E-state index is 0.0598. The van der Waals surface area contributed by atoms with Gasteiger partial charge in [0.25, 0.3) is 0 Å². The largest absolute Gasteiger partial charge is 0.335 e. The van der Waals surface area contributed by atoms with Crippen molar-refractivity contribution < 1.29 is 4.79 Å². The first-order valence-corrected chi connectivity index (χ1v) is 7.62. The van der Waals surface area contributed by atoms with E-state index in [1.54, 1.807) is 11.3 Å². The third kappa shape index (κ3) is 3.73. The highest BCUT2D eigenvalue weighted by atomic mass is 32.1. The topological polar surface area (TPSA) is 32.3 Å². The highest BCUT2D eigenvalue weighted by molar-refractivity contribution is 7.07. The van der Waals surface area contributed by atoms with Crippen molar-refractivity contribution >= 4 is 17.4 Å². The Balaban J connectivity index is 1.71. The van der Waals surface area contributed by atoms with E-state index in [1.807, 2.05) is 11.9 Å². The summed E-state index contributed by atoms with van der Waals surface area (Å²) in [7, 11) is 1.89. The summed E-state index contributed by atoms with van der Waals surface area (Å²) in [5.41, 5.74) is 1.30. The van der Waals surface area contributed by atoms with Crippen LogP contribution in [-0.4, -0.2) is 30.6 Å². The molecule has 0 saturated heterocycles. The molecule has 4 heteroatoms. The molecular weight excluding hydrogens is 244 g/mol. The van der Waals surface area contributed by atoms with E-state index in [0.717, 1.165) is 18.9 Å². The highest BCUT2D eigenvalue weighted by Crippen LogP contribution is 2.26. The summed E-state index contributed by atoms with van der Waals surface area (Å²) in [4.78, 5) is 13.8. The minimum Gasteiger partial charge on any atom is -0.335 e. The molecule has 1 N–H and O–H groups in total. The van der Waals surface area contributed by atoms with Gasteiger partial charge in [-0.15, -0.1) is 0 Å². The van der Waals surface area contributed by atoms with Crippen molar-refractivity contribution in [1.82, 2.24) is 10.2 Å². The molecule has 100 valence electrons. The molecule has 1 fully saturated rings. The lowest BCUT2D eigenvalue weighted by molar-refractivity contribution is 0.180. The summed E-state index contributed by atoms with van der Waals surface area (Å²) in [6.07, 6.45) is 4.80. The minimum atomic E-state index is 0.0598. The van der Waals surface area contributed by atoms with Crippen molar-refractivity contribution in [3.05, 3.63) is 22.4 Å². The molecule has 3 nitrogen and oxygen atoms in total. The zero-order valence-corrected chi connectivity index (χ0v) is 12.0. The molecule has 0 bridgehead atoms. The van der Waals surface area contributed by atoms with Gasteiger partial charge in [0, 0.05) is 19.6 Å². The van der Waals surface area contributed by atoms with Gasteiger partial charge in [-0.05, 0) is 54.5 Å². The molecule has 1 aliphatic carbocycles. The van der Waals surface area contributed by atoms with Gasteiger partial charge in [0.05, 0.1) is 0 Å². The second-order valence-electron chi connectivity index (χ2n) is 5.36. The van der Waals surface area contributed by atoms with Crippen LogP contribution in [0, 0.1) is 5.92 Å². The first kappa shape index (κ1) is 13.4. The molecule has 0 radical (unpaired) electrons. The van der Waals surface area contributed by atoms with Crippen LogP contribution >= 0.6 is 11.3 Å². The summed E-state index contributed by atoms with van der Waals surface area (Å²) in [6.45, 7) is 2.96. The number of rotatable bonds is 5. The molecule has 2 rings (SSSR count). The van der Waals surface area contributed by atoms with E-state index in [4.69, 9.17) is 0 Å². The molecule has 1 aromatic heterocycles. The smallest absolute Gasteiger partial charge is 0.317 e. The monoisotopic (exact) mass is 266 g/mol. The lowest BCUT2D eigenvalue weighted by Gasteiger charge is -2.30. The quantitative estimate of drug-likeness (QED) is 0.872. The van der Waals surface area contributed by atoms with Crippen LogP contribution in [0.15, 0.2) is 16.8 Å². The molecule has 1 heterocycles.